The lowest BCUT2D eigenvalue weighted by Crippen LogP contribution is -1.96. The molecule has 8 heteroatoms. The maximum absolute atomic E-state index is 12.9. The van der Waals surface area contributed by atoms with Crippen molar-refractivity contribution in [3.63, 3.8) is 0 Å². The third kappa shape index (κ3) is 2.41. The zero-order valence-electron chi connectivity index (χ0n) is 10.0. The number of aromatic nitrogens is 3. The highest BCUT2D eigenvalue weighted by Crippen LogP contribution is 2.26. The highest BCUT2D eigenvalue weighted by atomic mass is 32.1. The van der Waals surface area contributed by atoms with Gasteiger partial charge in [-0.3, -0.25) is 15.0 Å². The Bertz CT molecular complexity index is 788. The summed E-state index contributed by atoms with van der Waals surface area (Å²) in [6, 6.07) is 5.72. The molecule has 3 rings (SSSR count). The molecule has 0 aliphatic rings. The first-order valence-electron chi connectivity index (χ1n) is 5.62. The summed E-state index contributed by atoms with van der Waals surface area (Å²) in [7, 11) is 0. The maximum atomic E-state index is 12.9. The monoisotopic (exact) mass is 289 g/mol. The van der Waals surface area contributed by atoms with Crippen LogP contribution in [-0.4, -0.2) is 15.2 Å². The molecule has 0 aliphatic carbocycles. The van der Waals surface area contributed by atoms with Crippen molar-refractivity contribution in [1.29, 1.82) is 0 Å². The Hall–Kier alpha value is -2.61. The lowest BCUT2D eigenvalue weighted by atomic mass is 10.1. The van der Waals surface area contributed by atoms with Crippen LogP contribution in [0.15, 0.2) is 50.9 Å². The standard InChI is InChI=1S/C12H8FN5OS/c13-8-3-1-7(2-4-8)9-10(11(19)17-15-9)16-18-12-14-5-6-20-12/h1-6H,(H2,15,17,19). The van der Waals surface area contributed by atoms with Crippen molar-refractivity contribution in [3.05, 3.63) is 52.0 Å². The second kappa shape index (κ2) is 5.17. The Morgan fingerprint density at radius 1 is 1.15 bits per heavy atom. The first-order valence-corrected chi connectivity index (χ1v) is 6.50. The number of nitrogens with one attached hydrogen (secondary N) is 2. The zero-order chi connectivity index (χ0) is 13.9. The lowest BCUT2D eigenvalue weighted by Gasteiger charge is -1.97. The highest BCUT2D eigenvalue weighted by molar-refractivity contribution is 7.13. The SMILES string of the molecule is O=c1[nH][nH]c(-c2ccc(F)cc2)c1N=Nc1nccs1. The van der Waals surface area contributed by atoms with Crippen molar-refractivity contribution in [2.24, 2.45) is 10.2 Å². The van der Waals surface area contributed by atoms with Gasteiger partial charge in [-0.1, -0.05) is 0 Å². The van der Waals surface area contributed by atoms with Crippen LogP contribution in [0.2, 0.25) is 0 Å². The molecule has 3 aromatic rings. The molecule has 2 N–H and O–H groups in total. The summed E-state index contributed by atoms with van der Waals surface area (Å²) >= 11 is 1.31. The van der Waals surface area contributed by atoms with E-state index < -0.39 is 5.56 Å². The van der Waals surface area contributed by atoms with E-state index in [1.54, 1.807) is 23.7 Å². The van der Waals surface area contributed by atoms with Gasteiger partial charge in [0.1, 0.15) is 5.82 Å². The first-order chi connectivity index (χ1) is 9.74. The number of H-pyrrole nitrogens is 2. The van der Waals surface area contributed by atoms with E-state index in [2.05, 4.69) is 25.4 Å². The molecule has 0 atom stereocenters. The molecule has 0 unspecified atom stereocenters. The molecule has 2 aromatic heterocycles. The number of azo groups is 1. The van der Waals surface area contributed by atoms with Gasteiger partial charge in [0.25, 0.3) is 5.56 Å². The largest absolute Gasteiger partial charge is 0.295 e. The van der Waals surface area contributed by atoms with Gasteiger partial charge in [-0.2, -0.15) is 0 Å². The van der Waals surface area contributed by atoms with Gasteiger partial charge in [0, 0.05) is 17.1 Å². The molecule has 0 aliphatic heterocycles. The molecule has 0 fully saturated rings. The van der Waals surface area contributed by atoms with Crippen LogP contribution in [-0.2, 0) is 0 Å². The molecular formula is C12H8FN5OS. The molecule has 0 saturated heterocycles. The Kier molecular flexibility index (Phi) is 3.21. The van der Waals surface area contributed by atoms with Crippen molar-refractivity contribution < 1.29 is 4.39 Å². The normalized spacial score (nSPS) is 11.2. The summed E-state index contributed by atoms with van der Waals surface area (Å²) in [6.45, 7) is 0. The Morgan fingerprint density at radius 2 is 1.95 bits per heavy atom. The summed E-state index contributed by atoms with van der Waals surface area (Å²) in [5.41, 5.74) is 0.824. The smallest absolute Gasteiger partial charge is 0.292 e. The molecule has 0 bridgehead atoms. The number of thiazole rings is 1. The van der Waals surface area contributed by atoms with Gasteiger partial charge in [0.15, 0.2) is 5.69 Å². The van der Waals surface area contributed by atoms with Gasteiger partial charge < -0.3 is 0 Å². The fraction of sp³-hybridized carbons (Fsp3) is 0. The van der Waals surface area contributed by atoms with E-state index in [1.165, 1.54) is 23.5 Å². The van der Waals surface area contributed by atoms with Crippen LogP contribution in [0.3, 0.4) is 0 Å². The third-order valence-electron chi connectivity index (χ3n) is 2.54. The minimum absolute atomic E-state index is 0.131. The van der Waals surface area contributed by atoms with Gasteiger partial charge in [-0.05, 0) is 24.3 Å². The minimum Gasteiger partial charge on any atom is -0.295 e. The average molecular weight is 289 g/mol. The molecule has 100 valence electrons. The topological polar surface area (TPSA) is 86.3 Å². The molecule has 0 saturated carbocycles. The first kappa shape index (κ1) is 12.4. The van der Waals surface area contributed by atoms with Crippen molar-refractivity contribution in [2.75, 3.05) is 0 Å². The number of benzene rings is 1. The highest BCUT2D eigenvalue weighted by Gasteiger charge is 2.11. The van der Waals surface area contributed by atoms with Crippen LogP contribution < -0.4 is 5.56 Å². The summed E-state index contributed by atoms with van der Waals surface area (Å²) in [5, 5.41) is 15.2. The summed E-state index contributed by atoms with van der Waals surface area (Å²) in [4.78, 5) is 15.7. The van der Waals surface area contributed by atoms with E-state index in [0.717, 1.165) is 0 Å². The number of aromatic amines is 2. The molecule has 2 heterocycles. The van der Waals surface area contributed by atoms with Gasteiger partial charge in [-0.25, -0.2) is 9.37 Å². The predicted octanol–water partition coefficient (Wildman–Crippen LogP) is 3.38. The number of nitrogens with zero attached hydrogens (tertiary/aromatic N) is 3. The predicted molar refractivity (Wildman–Crippen MR) is 73.1 cm³/mol. The second-order valence-corrected chi connectivity index (χ2v) is 4.70. The van der Waals surface area contributed by atoms with Gasteiger partial charge in [0.05, 0.1) is 5.69 Å². The van der Waals surface area contributed by atoms with E-state index in [1.807, 2.05) is 0 Å². The van der Waals surface area contributed by atoms with Crippen LogP contribution >= 0.6 is 11.3 Å². The van der Waals surface area contributed by atoms with E-state index in [-0.39, 0.29) is 11.5 Å². The van der Waals surface area contributed by atoms with Crippen LogP contribution in [0.4, 0.5) is 15.2 Å². The molecule has 1 aromatic carbocycles. The van der Waals surface area contributed by atoms with Crippen LogP contribution in [0.5, 0.6) is 0 Å². The average Bonchev–Trinajstić information content (AvgIpc) is 3.07. The van der Waals surface area contributed by atoms with Gasteiger partial charge >= 0.3 is 0 Å². The van der Waals surface area contributed by atoms with Crippen molar-refractivity contribution in [3.8, 4) is 11.3 Å². The fourth-order valence-electron chi connectivity index (χ4n) is 1.63. The van der Waals surface area contributed by atoms with E-state index in [4.69, 9.17) is 0 Å². The number of rotatable bonds is 3. The Morgan fingerprint density at radius 3 is 2.65 bits per heavy atom. The van der Waals surface area contributed by atoms with E-state index in [0.29, 0.717) is 16.4 Å². The minimum atomic E-state index is -0.398. The van der Waals surface area contributed by atoms with E-state index in [9.17, 15) is 9.18 Å². The number of hydrogen-bond donors (Lipinski definition) is 2. The molecule has 0 amide bonds. The Balaban J connectivity index is 2.01. The zero-order valence-corrected chi connectivity index (χ0v) is 10.8. The van der Waals surface area contributed by atoms with Gasteiger partial charge in [0.2, 0.25) is 5.13 Å². The van der Waals surface area contributed by atoms with Crippen LogP contribution in [0.25, 0.3) is 11.3 Å². The van der Waals surface area contributed by atoms with Crippen molar-refractivity contribution in [2.45, 2.75) is 0 Å². The summed E-state index contributed by atoms with van der Waals surface area (Å²) < 4.78 is 12.9. The third-order valence-corrected chi connectivity index (χ3v) is 3.20. The van der Waals surface area contributed by atoms with Crippen molar-refractivity contribution >= 4 is 22.2 Å². The molecular weight excluding hydrogens is 281 g/mol. The number of halogens is 1. The quantitative estimate of drug-likeness (QED) is 0.724. The summed E-state index contributed by atoms with van der Waals surface area (Å²) in [6.07, 6.45) is 1.60. The van der Waals surface area contributed by atoms with E-state index >= 15 is 0 Å². The van der Waals surface area contributed by atoms with Crippen LogP contribution in [0, 0.1) is 5.82 Å². The molecule has 0 radical (unpaired) electrons. The molecule has 6 nitrogen and oxygen atoms in total. The fourth-order valence-corrected chi connectivity index (χ4v) is 2.08. The second-order valence-electron chi connectivity index (χ2n) is 3.82. The van der Waals surface area contributed by atoms with Crippen LogP contribution in [0.1, 0.15) is 0 Å². The lowest BCUT2D eigenvalue weighted by molar-refractivity contribution is 0.628. The van der Waals surface area contributed by atoms with Gasteiger partial charge in [-0.15, -0.1) is 21.6 Å². The Labute approximate surface area is 116 Å². The molecule has 20 heavy (non-hydrogen) atoms. The molecule has 0 spiro atoms. The number of hydrogen-bond acceptors (Lipinski definition) is 5. The van der Waals surface area contributed by atoms with Crippen molar-refractivity contribution in [1.82, 2.24) is 15.2 Å². The summed E-state index contributed by atoms with van der Waals surface area (Å²) in [5.74, 6) is -0.349. The maximum Gasteiger partial charge on any atom is 0.292 e.